The van der Waals surface area contributed by atoms with Crippen LogP contribution in [0, 0.1) is 0 Å². The Morgan fingerprint density at radius 3 is 2.59 bits per heavy atom. The number of ether oxygens (including phenoxy) is 2. The number of amides is 1. The third-order valence-electron chi connectivity index (χ3n) is 4.44. The van der Waals surface area contributed by atoms with Crippen molar-refractivity contribution in [1.29, 1.82) is 0 Å². The molecule has 1 aromatic heterocycles. The van der Waals surface area contributed by atoms with Crippen molar-refractivity contribution in [1.82, 2.24) is 4.98 Å². The van der Waals surface area contributed by atoms with Crippen molar-refractivity contribution in [3.05, 3.63) is 65.4 Å². The zero-order valence-electron chi connectivity index (χ0n) is 16.3. The molecule has 2 aromatic carbocycles. The second-order valence-corrected chi connectivity index (χ2v) is 6.32. The van der Waals surface area contributed by atoms with Crippen LogP contribution in [-0.4, -0.2) is 36.0 Å². The standard InChI is InChI=1S/C22H22N2O5/c1-3-14-7-6-10-17-18(12-23-20(14)17)19(25)13-29-21(26)15-8-5-9-16(11-15)24-22(27)28-4-2/h5-12,23H,3-4,13H2,1-2H3,(H,24,27). The van der Waals surface area contributed by atoms with Gasteiger partial charge in [0.05, 0.1) is 12.2 Å². The van der Waals surface area contributed by atoms with Crippen molar-refractivity contribution in [2.45, 2.75) is 20.3 Å². The molecule has 0 fully saturated rings. The van der Waals surface area contributed by atoms with E-state index < -0.39 is 12.1 Å². The molecule has 0 aliphatic heterocycles. The number of aryl methyl sites for hydroxylation is 1. The van der Waals surface area contributed by atoms with Gasteiger partial charge in [0.25, 0.3) is 0 Å². The molecule has 0 atom stereocenters. The first-order valence-electron chi connectivity index (χ1n) is 9.36. The van der Waals surface area contributed by atoms with Crippen molar-refractivity contribution in [3.63, 3.8) is 0 Å². The summed E-state index contributed by atoms with van der Waals surface area (Å²) in [7, 11) is 0. The number of anilines is 1. The summed E-state index contributed by atoms with van der Waals surface area (Å²) >= 11 is 0. The van der Waals surface area contributed by atoms with Crippen LogP contribution in [0.15, 0.2) is 48.7 Å². The molecule has 3 rings (SSSR count). The van der Waals surface area contributed by atoms with Gasteiger partial charge in [-0.15, -0.1) is 0 Å². The van der Waals surface area contributed by atoms with Crippen molar-refractivity contribution < 1.29 is 23.9 Å². The van der Waals surface area contributed by atoms with Gasteiger partial charge in [-0.2, -0.15) is 0 Å². The maximum absolute atomic E-state index is 12.6. The molecule has 1 amide bonds. The van der Waals surface area contributed by atoms with Crippen LogP contribution in [0.1, 0.15) is 40.1 Å². The van der Waals surface area contributed by atoms with Crippen molar-refractivity contribution in [2.75, 3.05) is 18.5 Å². The number of carbonyl (C=O) groups excluding carboxylic acids is 3. The van der Waals surface area contributed by atoms with Gasteiger partial charge in [-0.25, -0.2) is 9.59 Å². The summed E-state index contributed by atoms with van der Waals surface area (Å²) in [6.07, 6.45) is 1.87. The molecule has 150 valence electrons. The lowest BCUT2D eigenvalue weighted by atomic mass is 10.1. The fourth-order valence-electron chi connectivity index (χ4n) is 3.04. The van der Waals surface area contributed by atoms with Crippen LogP contribution in [0.3, 0.4) is 0 Å². The van der Waals surface area contributed by atoms with E-state index in [2.05, 4.69) is 10.3 Å². The number of rotatable bonds is 7. The van der Waals surface area contributed by atoms with Crippen LogP contribution in [0.25, 0.3) is 10.9 Å². The maximum atomic E-state index is 12.6. The summed E-state index contributed by atoms with van der Waals surface area (Å²) < 4.78 is 9.98. The van der Waals surface area contributed by atoms with Gasteiger partial charge in [-0.3, -0.25) is 10.1 Å². The van der Waals surface area contributed by atoms with E-state index >= 15 is 0 Å². The van der Waals surface area contributed by atoms with E-state index in [4.69, 9.17) is 9.47 Å². The lowest BCUT2D eigenvalue weighted by Gasteiger charge is -2.08. The Morgan fingerprint density at radius 1 is 1.03 bits per heavy atom. The Bertz CT molecular complexity index is 1050. The molecular weight excluding hydrogens is 372 g/mol. The normalized spacial score (nSPS) is 10.6. The average molecular weight is 394 g/mol. The summed E-state index contributed by atoms with van der Waals surface area (Å²) in [6, 6.07) is 12.0. The van der Waals surface area contributed by atoms with Gasteiger partial charge in [0, 0.05) is 28.4 Å². The smallest absolute Gasteiger partial charge is 0.411 e. The summed E-state index contributed by atoms with van der Waals surface area (Å²) in [4.78, 5) is 39.5. The van der Waals surface area contributed by atoms with Crippen LogP contribution >= 0.6 is 0 Å². The highest BCUT2D eigenvalue weighted by molar-refractivity contribution is 6.09. The number of Topliss-reactive ketones (excluding diaryl/α,β-unsaturated/α-hetero) is 1. The Balaban J connectivity index is 1.66. The minimum atomic E-state index is -0.653. The molecule has 0 spiro atoms. The predicted octanol–water partition coefficient (Wildman–Crippen LogP) is 4.34. The first-order valence-corrected chi connectivity index (χ1v) is 9.36. The molecule has 0 unspecified atom stereocenters. The summed E-state index contributed by atoms with van der Waals surface area (Å²) in [5.74, 6) is -0.946. The third kappa shape index (κ3) is 4.63. The monoisotopic (exact) mass is 394 g/mol. The number of para-hydroxylation sites is 1. The van der Waals surface area contributed by atoms with Crippen molar-refractivity contribution in [2.24, 2.45) is 0 Å². The molecule has 2 N–H and O–H groups in total. The van der Waals surface area contributed by atoms with Crippen LogP contribution in [0.2, 0.25) is 0 Å². The van der Waals surface area contributed by atoms with E-state index in [1.807, 2.05) is 25.1 Å². The Hall–Kier alpha value is -3.61. The maximum Gasteiger partial charge on any atom is 0.411 e. The fourth-order valence-corrected chi connectivity index (χ4v) is 3.04. The van der Waals surface area contributed by atoms with Crippen molar-refractivity contribution >= 4 is 34.4 Å². The molecule has 1 heterocycles. The Labute approximate surface area is 168 Å². The van der Waals surface area contributed by atoms with Gasteiger partial charge < -0.3 is 14.5 Å². The molecule has 0 saturated carbocycles. The van der Waals surface area contributed by atoms with Gasteiger partial charge in [-0.1, -0.05) is 31.2 Å². The number of H-pyrrole nitrogens is 1. The second-order valence-electron chi connectivity index (χ2n) is 6.32. The summed E-state index contributed by atoms with van der Waals surface area (Å²) in [5.41, 5.74) is 3.14. The number of ketones is 1. The van der Waals surface area contributed by atoms with Gasteiger partial charge in [-0.05, 0) is 37.1 Å². The lowest BCUT2D eigenvalue weighted by Crippen LogP contribution is -2.15. The quantitative estimate of drug-likeness (QED) is 0.459. The van der Waals surface area contributed by atoms with E-state index in [1.165, 1.54) is 6.07 Å². The summed E-state index contributed by atoms with van der Waals surface area (Å²) in [5, 5.41) is 3.33. The number of benzene rings is 2. The molecule has 0 radical (unpaired) electrons. The molecule has 0 saturated heterocycles. The predicted molar refractivity (Wildman–Crippen MR) is 109 cm³/mol. The van der Waals surface area contributed by atoms with E-state index in [9.17, 15) is 14.4 Å². The zero-order valence-corrected chi connectivity index (χ0v) is 16.3. The highest BCUT2D eigenvalue weighted by Gasteiger charge is 2.16. The van der Waals surface area contributed by atoms with E-state index in [0.29, 0.717) is 11.3 Å². The molecule has 0 aliphatic rings. The Kier molecular flexibility index (Phi) is 6.29. The second kappa shape index (κ2) is 9.05. The minimum Gasteiger partial charge on any atom is -0.454 e. The van der Waals surface area contributed by atoms with Gasteiger partial charge in [0.2, 0.25) is 5.78 Å². The van der Waals surface area contributed by atoms with E-state index in [-0.39, 0.29) is 24.6 Å². The van der Waals surface area contributed by atoms with Gasteiger partial charge in [0.1, 0.15) is 0 Å². The average Bonchev–Trinajstić information content (AvgIpc) is 3.16. The first-order chi connectivity index (χ1) is 14.0. The molecule has 3 aromatic rings. The molecule has 0 aliphatic carbocycles. The zero-order chi connectivity index (χ0) is 20.8. The first kappa shape index (κ1) is 20.1. The fraction of sp³-hybridized carbons (Fsp3) is 0.227. The van der Waals surface area contributed by atoms with Crippen LogP contribution in [0.5, 0.6) is 0 Å². The number of aromatic amines is 1. The Morgan fingerprint density at radius 2 is 1.83 bits per heavy atom. The van der Waals surface area contributed by atoms with Crippen molar-refractivity contribution in [3.8, 4) is 0 Å². The largest absolute Gasteiger partial charge is 0.454 e. The topological polar surface area (TPSA) is 97.5 Å². The minimum absolute atomic E-state index is 0.222. The molecule has 7 heteroatoms. The number of hydrogen-bond acceptors (Lipinski definition) is 5. The van der Waals surface area contributed by atoms with Crippen LogP contribution < -0.4 is 5.32 Å². The number of hydrogen-bond donors (Lipinski definition) is 2. The molecule has 29 heavy (non-hydrogen) atoms. The van der Waals surface area contributed by atoms with Crippen LogP contribution in [-0.2, 0) is 15.9 Å². The third-order valence-corrected chi connectivity index (χ3v) is 4.44. The number of carbonyl (C=O) groups is 3. The number of fused-ring (bicyclic) bond motifs is 1. The molecule has 7 nitrogen and oxygen atoms in total. The molecular formula is C22H22N2O5. The van der Waals surface area contributed by atoms with Gasteiger partial charge >= 0.3 is 12.1 Å². The number of aromatic nitrogens is 1. The van der Waals surface area contributed by atoms with Crippen LogP contribution in [0.4, 0.5) is 10.5 Å². The van der Waals surface area contributed by atoms with Gasteiger partial charge in [0.15, 0.2) is 6.61 Å². The molecule has 0 bridgehead atoms. The highest BCUT2D eigenvalue weighted by Crippen LogP contribution is 2.23. The summed E-state index contributed by atoms with van der Waals surface area (Å²) in [6.45, 7) is 3.60. The SMILES string of the molecule is CCOC(=O)Nc1cccc(C(=O)OCC(=O)c2c[nH]c3c(CC)cccc23)c1. The van der Waals surface area contributed by atoms with E-state index in [0.717, 1.165) is 22.9 Å². The highest BCUT2D eigenvalue weighted by atomic mass is 16.5. The number of esters is 1. The van der Waals surface area contributed by atoms with E-state index in [1.54, 1.807) is 31.3 Å². The lowest BCUT2D eigenvalue weighted by molar-refractivity contribution is 0.0475. The number of nitrogens with one attached hydrogen (secondary N) is 2.